The van der Waals surface area contributed by atoms with Crippen LogP contribution in [0.4, 0.5) is 0 Å². The Bertz CT molecular complexity index is 553. The van der Waals surface area contributed by atoms with E-state index in [4.69, 9.17) is 0 Å². The zero-order valence-electron chi connectivity index (χ0n) is 14.4. The van der Waals surface area contributed by atoms with Gasteiger partial charge in [-0.2, -0.15) is 0 Å². The molecule has 0 aliphatic rings. The van der Waals surface area contributed by atoms with E-state index >= 15 is 0 Å². The van der Waals surface area contributed by atoms with E-state index in [9.17, 15) is 10.2 Å². The highest BCUT2D eigenvalue weighted by atomic mass is 16.3. The summed E-state index contributed by atoms with van der Waals surface area (Å²) in [6, 6.07) is 15.0. The van der Waals surface area contributed by atoms with Crippen LogP contribution in [0.1, 0.15) is 57.6 Å². The molecule has 124 valence electrons. The smallest absolute Gasteiger partial charge is 0.115 e. The highest BCUT2D eigenvalue weighted by molar-refractivity contribution is 5.42. The van der Waals surface area contributed by atoms with Gasteiger partial charge in [-0.05, 0) is 54.2 Å². The van der Waals surface area contributed by atoms with Gasteiger partial charge in [0.25, 0.3) is 0 Å². The van der Waals surface area contributed by atoms with Crippen molar-refractivity contribution in [3.05, 3.63) is 59.7 Å². The fourth-order valence-electron chi connectivity index (χ4n) is 3.29. The summed E-state index contributed by atoms with van der Waals surface area (Å²) in [6.45, 7) is 6.80. The van der Waals surface area contributed by atoms with E-state index in [1.54, 1.807) is 24.3 Å². The molecule has 2 rings (SSSR count). The Morgan fingerprint density at radius 1 is 0.826 bits per heavy atom. The average Bonchev–Trinajstić information content (AvgIpc) is 2.54. The highest BCUT2D eigenvalue weighted by Gasteiger charge is 2.29. The van der Waals surface area contributed by atoms with Crippen LogP contribution < -0.4 is 0 Å². The van der Waals surface area contributed by atoms with Gasteiger partial charge in [0.1, 0.15) is 11.5 Å². The normalized spacial score (nSPS) is 13.0. The van der Waals surface area contributed by atoms with Gasteiger partial charge < -0.3 is 10.2 Å². The molecular weight excluding hydrogens is 284 g/mol. The lowest BCUT2D eigenvalue weighted by atomic mass is 9.71. The van der Waals surface area contributed by atoms with Gasteiger partial charge in [0.15, 0.2) is 0 Å². The first kappa shape index (κ1) is 17.4. The predicted octanol–water partition coefficient (Wildman–Crippen LogP) is 5.62. The Labute approximate surface area is 139 Å². The average molecular weight is 312 g/mol. The van der Waals surface area contributed by atoms with Crippen LogP contribution in [-0.4, -0.2) is 10.2 Å². The third-order valence-corrected chi connectivity index (χ3v) is 4.93. The van der Waals surface area contributed by atoms with Crippen LogP contribution in [-0.2, 0) is 5.41 Å². The zero-order chi connectivity index (χ0) is 16.9. The molecule has 0 radical (unpaired) electrons. The van der Waals surface area contributed by atoms with E-state index in [1.165, 1.54) is 24.0 Å². The van der Waals surface area contributed by atoms with E-state index in [-0.39, 0.29) is 5.41 Å². The van der Waals surface area contributed by atoms with Crippen LogP contribution in [0, 0.1) is 5.92 Å². The van der Waals surface area contributed by atoms with Crippen LogP contribution in [0.25, 0.3) is 0 Å². The molecule has 0 amide bonds. The van der Waals surface area contributed by atoms with E-state index in [0.717, 1.165) is 12.8 Å². The van der Waals surface area contributed by atoms with Crippen LogP contribution in [0.3, 0.4) is 0 Å². The predicted molar refractivity (Wildman–Crippen MR) is 96.0 cm³/mol. The molecule has 23 heavy (non-hydrogen) atoms. The minimum Gasteiger partial charge on any atom is -0.508 e. The fraction of sp³-hybridized carbons (Fsp3) is 0.429. The van der Waals surface area contributed by atoms with Crippen molar-refractivity contribution in [3.63, 3.8) is 0 Å². The van der Waals surface area contributed by atoms with Gasteiger partial charge in [0.2, 0.25) is 0 Å². The number of aromatic hydroxyl groups is 2. The van der Waals surface area contributed by atoms with Crippen molar-refractivity contribution in [2.75, 3.05) is 0 Å². The molecule has 2 heteroatoms. The highest BCUT2D eigenvalue weighted by Crippen LogP contribution is 2.39. The summed E-state index contributed by atoms with van der Waals surface area (Å²) < 4.78 is 0. The Hall–Kier alpha value is -1.96. The molecule has 1 unspecified atom stereocenters. The zero-order valence-corrected chi connectivity index (χ0v) is 14.4. The standard InChI is InChI=1S/C21H28O2/c1-4-5-16(2)14-15-21(3,17-6-10-19(22)11-7-17)18-8-12-20(23)13-9-18/h6-13,16,22-23H,4-5,14-15H2,1-3H3. The second-order valence-electron chi connectivity index (χ2n) is 6.86. The maximum atomic E-state index is 9.58. The largest absolute Gasteiger partial charge is 0.508 e. The van der Waals surface area contributed by atoms with E-state index in [0.29, 0.717) is 17.4 Å². The Kier molecular flexibility index (Phi) is 5.70. The van der Waals surface area contributed by atoms with Crippen molar-refractivity contribution in [1.29, 1.82) is 0 Å². The Balaban J connectivity index is 2.33. The number of benzene rings is 2. The molecule has 0 fully saturated rings. The van der Waals surface area contributed by atoms with E-state index in [2.05, 4.69) is 20.8 Å². The number of phenols is 2. The molecule has 2 N–H and O–H groups in total. The lowest BCUT2D eigenvalue weighted by Gasteiger charge is -2.32. The molecular formula is C21H28O2. The SMILES string of the molecule is CCCC(C)CCC(C)(c1ccc(O)cc1)c1ccc(O)cc1. The maximum absolute atomic E-state index is 9.58. The molecule has 2 nitrogen and oxygen atoms in total. The summed E-state index contributed by atoms with van der Waals surface area (Å²) >= 11 is 0. The van der Waals surface area contributed by atoms with E-state index < -0.39 is 0 Å². The topological polar surface area (TPSA) is 40.5 Å². The van der Waals surface area contributed by atoms with Crippen LogP contribution in [0.15, 0.2) is 48.5 Å². The van der Waals surface area contributed by atoms with Gasteiger partial charge in [-0.15, -0.1) is 0 Å². The second-order valence-corrected chi connectivity index (χ2v) is 6.86. The molecule has 0 spiro atoms. The van der Waals surface area contributed by atoms with Gasteiger partial charge in [-0.25, -0.2) is 0 Å². The summed E-state index contributed by atoms with van der Waals surface area (Å²) in [6.07, 6.45) is 4.67. The third kappa shape index (κ3) is 4.28. The van der Waals surface area contributed by atoms with Gasteiger partial charge in [0, 0.05) is 5.41 Å². The van der Waals surface area contributed by atoms with Crippen molar-refractivity contribution in [1.82, 2.24) is 0 Å². The van der Waals surface area contributed by atoms with Crippen molar-refractivity contribution >= 4 is 0 Å². The van der Waals surface area contributed by atoms with Crippen molar-refractivity contribution in [2.24, 2.45) is 5.92 Å². The molecule has 2 aromatic carbocycles. The van der Waals surface area contributed by atoms with Gasteiger partial charge in [-0.3, -0.25) is 0 Å². The quantitative estimate of drug-likeness (QED) is 0.696. The number of phenolic OH excluding ortho intramolecular Hbond substituents is 2. The van der Waals surface area contributed by atoms with Crippen LogP contribution >= 0.6 is 0 Å². The summed E-state index contributed by atoms with van der Waals surface area (Å²) in [7, 11) is 0. The summed E-state index contributed by atoms with van der Waals surface area (Å²) in [5, 5.41) is 19.2. The fourth-order valence-corrected chi connectivity index (χ4v) is 3.29. The first-order chi connectivity index (χ1) is 11.0. The minimum absolute atomic E-state index is 0.122. The number of hydrogen-bond acceptors (Lipinski definition) is 2. The Morgan fingerprint density at radius 3 is 1.65 bits per heavy atom. The van der Waals surface area contributed by atoms with Crippen LogP contribution in [0.2, 0.25) is 0 Å². The molecule has 0 aliphatic carbocycles. The van der Waals surface area contributed by atoms with Gasteiger partial charge in [0.05, 0.1) is 0 Å². The summed E-state index contributed by atoms with van der Waals surface area (Å²) in [4.78, 5) is 0. The minimum atomic E-state index is -0.122. The first-order valence-corrected chi connectivity index (χ1v) is 8.54. The van der Waals surface area contributed by atoms with Crippen molar-refractivity contribution in [3.8, 4) is 11.5 Å². The first-order valence-electron chi connectivity index (χ1n) is 8.54. The van der Waals surface area contributed by atoms with Gasteiger partial charge in [-0.1, -0.05) is 57.9 Å². The number of rotatable bonds is 7. The third-order valence-electron chi connectivity index (χ3n) is 4.93. The Morgan fingerprint density at radius 2 is 1.26 bits per heavy atom. The second kappa shape index (κ2) is 7.54. The molecule has 0 heterocycles. The van der Waals surface area contributed by atoms with Crippen molar-refractivity contribution < 1.29 is 10.2 Å². The lowest BCUT2D eigenvalue weighted by Crippen LogP contribution is -2.24. The molecule has 0 aliphatic heterocycles. The molecule has 0 saturated carbocycles. The molecule has 0 bridgehead atoms. The monoisotopic (exact) mass is 312 g/mol. The van der Waals surface area contributed by atoms with Crippen LogP contribution in [0.5, 0.6) is 11.5 Å². The molecule has 2 aromatic rings. The molecule has 0 aromatic heterocycles. The van der Waals surface area contributed by atoms with Gasteiger partial charge >= 0.3 is 0 Å². The summed E-state index contributed by atoms with van der Waals surface area (Å²) in [5.74, 6) is 1.29. The maximum Gasteiger partial charge on any atom is 0.115 e. The molecule has 1 atom stereocenters. The van der Waals surface area contributed by atoms with E-state index in [1.807, 2.05) is 24.3 Å². The lowest BCUT2D eigenvalue weighted by molar-refractivity contribution is 0.401. The summed E-state index contributed by atoms with van der Waals surface area (Å²) in [5.41, 5.74) is 2.28. The number of hydrogen-bond donors (Lipinski definition) is 2. The van der Waals surface area contributed by atoms with Crippen molar-refractivity contribution in [2.45, 2.75) is 51.9 Å². The molecule has 0 saturated heterocycles.